The van der Waals surface area contributed by atoms with Crippen LogP contribution in [0.5, 0.6) is 0 Å². The van der Waals surface area contributed by atoms with Crippen molar-refractivity contribution in [2.24, 2.45) is 0 Å². The first-order valence-electron chi connectivity index (χ1n) is 8.16. The van der Waals surface area contributed by atoms with Crippen molar-refractivity contribution in [2.45, 2.75) is 18.7 Å². The van der Waals surface area contributed by atoms with Crippen molar-refractivity contribution in [1.82, 2.24) is 4.31 Å². The molecule has 2 aromatic rings. The second-order valence-corrected chi connectivity index (χ2v) is 7.32. The van der Waals surface area contributed by atoms with Crippen LogP contribution in [0.3, 0.4) is 0 Å². The lowest BCUT2D eigenvalue weighted by molar-refractivity contribution is -0.114. The van der Waals surface area contributed by atoms with Gasteiger partial charge in [-0.25, -0.2) is 8.42 Å². The molecule has 0 unspecified atom stereocenters. The van der Waals surface area contributed by atoms with Crippen molar-refractivity contribution in [1.29, 1.82) is 0 Å². The average molecular weight is 361 g/mol. The van der Waals surface area contributed by atoms with Gasteiger partial charge in [0.15, 0.2) is 0 Å². The number of rotatable bonds is 8. The maximum atomic E-state index is 12.5. The minimum atomic E-state index is -3.55. The Bertz CT molecular complexity index is 803. The third-order valence-electron chi connectivity index (χ3n) is 3.69. The molecule has 0 heterocycles. The van der Waals surface area contributed by atoms with Crippen molar-refractivity contribution < 1.29 is 13.2 Å². The summed E-state index contributed by atoms with van der Waals surface area (Å²) in [5.74, 6) is -0.249. The van der Waals surface area contributed by atoms with Crippen LogP contribution in [-0.2, 0) is 14.8 Å². The smallest absolute Gasteiger partial charge is 0.243 e. The van der Waals surface area contributed by atoms with Gasteiger partial charge in [-0.05, 0) is 30.3 Å². The number of nitrogens with zero attached hydrogens (tertiary/aromatic N) is 1. The van der Waals surface area contributed by atoms with E-state index in [0.717, 1.165) is 5.69 Å². The lowest BCUT2D eigenvalue weighted by atomic mass is 10.3. The Balaban J connectivity index is 2.05. The van der Waals surface area contributed by atoms with Gasteiger partial charge in [0.25, 0.3) is 0 Å². The Kier molecular flexibility index (Phi) is 6.55. The highest BCUT2D eigenvalue weighted by molar-refractivity contribution is 7.89. The lowest BCUT2D eigenvalue weighted by Crippen LogP contribution is -2.30. The number of hydrogen-bond acceptors (Lipinski definition) is 4. The zero-order valence-electron chi connectivity index (χ0n) is 14.4. The topological polar surface area (TPSA) is 78.5 Å². The van der Waals surface area contributed by atoms with E-state index >= 15 is 0 Å². The Morgan fingerprint density at radius 1 is 0.960 bits per heavy atom. The van der Waals surface area contributed by atoms with Crippen molar-refractivity contribution >= 4 is 27.3 Å². The molecule has 0 saturated heterocycles. The molecule has 2 rings (SSSR count). The lowest BCUT2D eigenvalue weighted by Gasteiger charge is -2.18. The number of nitrogens with one attached hydrogen (secondary N) is 2. The molecule has 0 atom stereocenters. The van der Waals surface area contributed by atoms with Gasteiger partial charge in [0.05, 0.1) is 11.4 Å². The maximum absolute atomic E-state index is 12.5. The monoisotopic (exact) mass is 361 g/mol. The van der Waals surface area contributed by atoms with Gasteiger partial charge in [0, 0.05) is 24.5 Å². The Morgan fingerprint density at radius 3 is 2.24 bits per heavy atom. The van der Waals surface area contributed by atoms with E-state index < -0.39 is 10.0 Å². The predicted molar refractivity (Wildman–Crippen MR) is 100 cm³/mol. The van der Waals surface area contributed by atoms with Crippen LogP contribution in [0.1, 0.15) is 13.8 Å². The highest BCUT2D eigenvalue weighted by Crippen LogP contribution is 2.19. The average Bonchev–Trinajstić information content (AvgIpc) is 2.62. The number of sulfonamides is 1. The van der Waals surface area contributed by atoms with Gasteiger partial charge in [-0.1, -0.05) is 38.1 Å². The van der Waals surface area contributed by atoms with Gasteiger partial charge in [-0.15, -0.1) is 0 Å². The fourth-order valence-corrected chi connectivity index (χ4v) is 3.89. The van der Waals surface area contributed by atoms with Gasteiger partial charge < -0.3 is 10.6 Å². The van der Waals surface area contributed by atoms with Crippen LogP contribution >= 0.6 is 0 Å². The van der Waals surface area contributed by atoms with E-state index in [1.807, 2.05) is 30.3 Å². The summed E-state index contributed by atoms with van der Waals surface area (Å²) in [6.07, 6.45) is 0. The number of amides is 1. The van der Waals surface area contributed by atoms with Crippen LogP contribution < -0.4 is 10.6 Å². The summed E-state index contributed by atoms with van der Waals surface area (Å²) in [7, 11) is -3.55. The van der Waals surface area contributed by atoms with Crippen LogP contribution in [0.15, 0.2) is 59.5 Å². The second kappa shape index (κ2) is 8.64. The second-order valence-electron chi connectivity index (χ2n) is 5.38. The molecule has 0 aliphatic rings. The molecule has 2 aromatic carbocycles. The number of benzene rings is 2. The summed E-state index contributed by atoms with van der Waals surface area (Å²) in [5.41, 5.74) is 1.30. The highest BCUT2D eigenvalue weighted by Gasteiger charge is 2.21. The molecule has 6 nitrogen and oxygen atoms in total. The van der Waals surface area contributed by atoms with Crippen LogP contribution in [0, 0.1) is 0 Å². The van der Waals surface area contributed by atoms with Gasteiger partial charge in [0.1, 0.15) is 0 Å². The Morgan fingerprint density at radius 2 is 1.60 bits per heavy atom. The summed E-state index contributed by atoms with van der Waals surface area (Å²) >= 11 is 0. The van der Waals surface area contributed by atoms with E-state index in [-0.39, 0.29) is 17.3 Å². The number of para-hydroxylation sites is 1. The molecular formula is C18H23N3O3S. The first kappa shape index (κ1) is 19.0. The molecule has 0 saturated carbocycles. The number of carbonyl (C=O) groups excluding carboxylic acids is 1. The molecule has 25 heavy (non-hydrogen) atoms. The first-order valence-corrected chi connectivity index (χ1v) is 9.60. The minimum absolute atomic E-state index is 0.0943. The van der Waals surface area contributed by atoms with Gasteiger partial charge in [-0.3, -0.25) is 4.79 Å². The molecule has 1 amide bonds. The Labute approximate surface area is 148 Å². The maximum Gasteiger partial charge on any atom is 0.243 e. The summed E-state index contributed by atoms with van der Waals surface area (Å²) in [6, 6.07) is 15.7. The molecule has 134 valence electrons. The molecule has 0 aliphatic carbocycles. The van der Waals surface area contributed by atoms with Crippen LogP contribution in [0.25, 0.3) is 0 Å². The van der Waals surface area contributed by atoms with Crippen molar-refractivity contribution in [3.63, 3.8) is 0 Å². The minimum Gasteiger partial charge on any atom is -0.376 e. The summed E-state index contributed by atoms with van der Waals surface area (Å²) in [6.45, 7) is 4.48. The van der Waals surface area contributed by atoms with Gasteiger partial charge >= 0.3 is 0 Å². The molecule has 2 N–H and O–H groups in total. The summed E-state index contributed by atoms with van der Waals surface area (Å²) in [4.78, 5) is 12.2. The molecule has 7 heteroatoms. The third-order valence-corrected chi connectivity index (χ3v) is 5.73. The number of anilines is 2. The Hall–Kier alpha value is -2.38. The van der Waals surface area contributed by atoms with E-state index in [1.165, 1.54) is 16.4 Å². The predicted octanol–water partition coefficient (Wildman–Crippen LogP) is 2.77. The van der Waals surface area contributed by atoms with Crippen molar-refractivity contribution in [3.8, 4) is 0 Å². The van der Waals surface area contributed by atoms with E-state index in [0.29, 0.717) is 18.8 Å². The molecule has 0 aromatic heterocycles. The fraction of sp³-hybridized carbons (Fsp3) is 0.278. The van der Waals surface area contributed by atoms with Crippen LogP contribution in [-0.4, -0.2) is 38.3 Å². The normalized spacial score (nSPS) is 11.3. The molecule has 0 spiro atoms. The van der Waals surface area contributed by atoms with Crippen molar-refractivity contribution in [3.05, 3.63) is 54.6 Å². The van der Waals surface area contributed by atoms with E-state index in [1.54, 1.807) is 26.0 Å². The summed E-state index contributed by atoms with van der Waals surface area (Å²) < 4.78 is 26.5. The molecule has 0 bridgehead atoms. The number of hydrogen-bond donors (Lipinski definition) is 2. The first-order chi connectivity index (χ1) is 12.0. The van der Waals surface area contributed by atoms with Crippen molar-refractivity contribution in [2.75, 3.05) is 30.3 Å². The van der Waals surface area contributed by atoms with E-state index in [9.17, 15) is 13.2 Å². The van der Waals surface area contributed by atoms with Gasteiger partial charge in [-0.2, -0.15) is 4.31 Å². The zero-order chi connectivity index (χ0) is 18.3. The SMILES string of the molecule is CCN(CC)S(=O)(=O)c1cccc(NC(=O)CNc2ccccc2)c1. The highest BCUT2D eigenvalue weighted by atomic mass is 32.2. The molecule has 0 aliphatic heterocycles. The number of carbonyl (C=O) groups is 1. The molecule has 0 radical (unpaired) electrons. The molecular weight excluding hydrogens is 338 g/mol. The quantitative estimate of drug-likeness (QED) is 0.758. The van der Waals surface area contributed by atoms with Crippen LogP contribution in [0.2, 0.25) is 0 Å². The molecule has 0 fully saturated rings. The van der Waals surface area contributed by atoms with Crippen LogP contribution in [0.4, 0.5) is 11.4 Å². The van der Waals surface area contributed by atoms with E-state index in [2.05, 4.69) is 10.6 Å². The third kappa shape index (κ3) is 5.04. The summed E-state index contributed by atoms with van der Waals surface area (Å²) in [5, 5.41) is 5.72. The van der Waals surface area contributed by atoms with E-state index in [4.69, 9.17) is 0 Å². The largest absolute Gasteiger partial charge is 0.376 e. The standard InChI is InChI=1S/C18H23N3O3S/c1-3-21(4-2)25(23,24)17-12-8-11-16(13-17)20-18(22)14-19-15-9-6-5-7-10-15/h5-13,19H,3-4,14H2,1-2H3,(H,20,22). The fourth-order valence-electron chi connectivity index (χ4n) is 2.39. The van der Waals surface area contributed by atoms with Gasteiger partial charge in [0.2, 0.25) is 15.9 Å². The zero-order valence-corrected chi connectivity index (χ0v) is 15.2.